The van der Waals surface area contributed by atoms with E-state index < -0.39 is 23.8 Å². The van der Waals surface area contributed by atoms with Gasteiger partial charge in [-0.3, -0.25) is 9.59 Å². The smallest absolute Gasteiger partial charge is 0.408 e. The van der Waals surface area contributed by atoms with E-state index in [0.717, 1.165) is 48.8 Å². The van der Waals surface area contributed by atoms with Gasteiger partial charge in [-0.2, -0.15) is 0 Å². The molecule has 1 aromatic carbocycles. The quantitative estimate of drug-likeness (QED) is 0.414. The molecule has 2 aliphatic carbocycles. The van der Waals surface area contributed by atoms with Gasteiger partial charge >= 0.3 is 6.09 Å². The molecule has 4 unspecified atom stereocenters. The summed E-state index contributed by atoms with van der Waals surface area (Å²) >= 11 is 0. The molecule has 2 aliphatic rings. The highest BCUT2D eigenvalue weighted by atomic mass is 16.6. The number of benzene rings is 1. The molecule has 0 aliphatic heterocycles. The van der Waals surface area contributed by atoms with Crippen LogP contribution in [0.2, 0.25) is 0 Å². The molecule has 212 valence electrons. The first kappa shape index (κ1) is 30.0. The average Bonchev–Trinajstić information content (AvgIpc) is 3.53. The molecule has 4 atom stereocenters. The predicted octanol–water partition coefficient (Wildman–Crippen LogP) is 5.97. The number of aryl methyl sites for hydroxylation is 2. The number of hydrogen-bond acceptors (Lipinski definition) is 4. The summed E-state index contributed by atoms with van der Waals surface area (Å²) in [6.45, 7) is 15.6. The number of nitrogens with one attached hydrogen (secondary N) is 2. The van der Waals surface area contributed by atoms with Crippen LogP contribution in [-0.4, -0.2) is 46.5 Å². The van der Waals surface area contributed by atoms with Crippen LogP contribution in [0.15, 0.2) is 18.2 Å². The largest absolute Gasteiger partial charge is 0.444 e. The second kappa shape index (κ2) is 12.5. The predicted molar refractivity (Wildman–Crippen MR) is 151 cm³/mol. The molecule has 0 heterocycles. The molecule has 7 heteroatoms. The summed E-state index contributed by atoms with van der Waals surface area (Å²) in [5.41, 5.74) is 2.20. The zero-order valence-corrected chi connectivity index (χ0v) is 24.7. The lowest BCUT2D eigenvalue weighted by atomic mass is 9.92. The molecule has 38 heavy (non-hydrogen) atoms. The van der Waals surface area contributed by atoms with E-state index >= 15 is 0 Å². The summed E-state index contributed by atoms with van der Waals surface area (Å²) in [5, 5.41) is 6.15. The van der Waals surface area contributed by atoms with Crippen LogP contribution < -0.4 is 10.6 Å². The van der Waals surface area contributed by atoms with Crippen molar-refractivity contribution in [3.05, 3.63) is 34.9 Å². The molecule has 0 spiro atoms. The van der Waals surface area contributed by atoms with Crippen molar-refractivity contribution >= 4 is 17.9 Å². The fraction of sp³-hybridized carbons (Fsp3) is 0.710. The maximum atomic E-state index is 14.4. The summed E-state index contributed by atoms with van der Waals surface area (Å²) in [6.07, 6.45) is 6.03. The maximum absolute atomic E-state index is 14.4. The topological polar surface area (TPSA) is 87.7 Å². The van der Waals surface area contributed by atoms with Gasteiger partial charge in [0.05, 0.1) is 0 Å². The third kappa shape index (κ3) is 8.21. The average molecular weight is 528 g/mol. The van der Waals surface area contributed by atoms with Crippen molar-refractivity contribution in [3.8, 4) is 0 Å². The first-order chi connectivity index (χ1) is 17.8. The van der Waals surface area contributed by atoms with Gasteiger partial charge in [0.15, 0.2) is 0 Å². The Morgan fingerprint density at radius 1 is 1.08 bits per heavy atom. The van der Waals surface area contributed by atoms with E-state index in [2.05, 4.69) is 17.6 Å². The lowest BCUT2D eigenvalue weighted by Gasteiger charge is -2.37. The van der Waals surface area contributed by atoms with Crippen molar-refractivity contribution in [1.82, 2.24) is 15.5 Å². The number of carbonyl (C=O) groups excluding carboxylic acids is 3. The highest BCUT2D eigenvalue weighted by molar-refractivity contribution is 5.93. The molecule has 0 radical (unpaired) electrons. The van der Waals surface area contributed by atoms with Gasteiger partial charge in [0.2, 0.25) is 11.8 Å². The number of amides is 3. The highest BCUT2D eigenvalue weighted by Gasteiger charge is 2.48. The van der Waals surface area contributed by atoms with Gasteiger partial charge in [-0.25, -0.2) is 4.79 Å². The lowest BCUT2D eigenvalue weighted by molar-refractivity contribution is -0.144. The Morgan fingerprint density at radius 3 is 2.26 bits per heavy atom. The van der Waals surface area contributed by atoms with E-state index in [-0.39, 0.29) is 35.7 Å². The number of hydrogen-bond donors (Lipinski definition) is 2. The van der Waals surface area contributed by atoms with Gasteiger partial charge in [-0.05, 0) is 83.3 Å². The van der Waals surface area contributed by atoms with Crippen molar-refractivity contribution < 1.29 is 19.1 Å². The first-order valence-corrected chi connectivity index (χ1v) is 14.5. The number of carbonyl (C=O) groups is 3. The molecule has 1 aromatic rings. The van der Waals surface area contributed by atoms with Crippen LogP contribution in [0.5, 0.6) is 0 Å². The van der Waals surface area contributed by atoms with Crippen LogP contribution in [0.1, 0.15) is 109 Å². The Morgan fingerprint density at radius 2 is 1.71 bits per heavy atom. The minimum absolute atomic E-state index is 0.0559. The van der Waals surface area contributed by atoms with Crippen LogP contribution in [0.25, 0.3) is 0 Å². The molecule has 0 aromatic heterocycles. The van der Waals surface area contributed by atoms with Gasteiger partial charge in [-0.1, -0.05) is 63.8 Å². The zero-order chi connectivity index (χ0) is 28.2. The molecule has 2 fully saturated rings. The SMILES string of the molecule is Cc1ccc(C)c(C(C(=O)NC2CCCCC2)N(C(=O)C(CC(C)C)NC(=O)OC(C)(C)C)C2CC2C)c1. The van der Waals surface area contributed by atoms with Crippen LogP contribution in [0.4, 0.5) is 4.79 Å². The van der Waals surface area contributed by atoms with Crippen LogP contribution in [-0.2, 0) is 14.3 Å². The van der Waals surface area contributed by atoms with Crippen molar-refractivity contribution in [2.24, 2.45) is 11.8 Å². The fourth-order valence-corrected chi connectivity index (χ4v) is 5.49. The monoisotopic (exact) mass is 527 g/mol. The van der Waals surface area contributed by atoms with Gasteiger partial charge in [0, 0.05) is 12.1 Å². The van der Waals surface area contributed by atoms with Crippen LogP contribution >= 0.6 is 0 Å². The Labute approximate surface area is 229 Å². The fourth-order valence-electron chi connectivity index (χ4n) is 5.49. The van der Waals surface area contributed by atoms with E-state index in [4.69, 9.17) is 4.74 Å². The zero-order valence-electron chi connectivity index (χ0n) is 24.7. The minimum Gasteiger partial charge on any atom is -0.444 e. The molecular weight excluding hydrogens is 478 g/mol. The van der Waals surface area contributed by atoms with Gasteiger partial charge in [0.1, 0.15) is 17.7 Å². The van der Waals surface area contributed by atoms with Crippen molar-refractivity contribution in [1.29, 1.82) is 0 Å². The number of rotatable bonds is 9. The van der Waals surface area contributed by atoms with Crippen LogP contribution in [0.3, 0.4) is 0 Å². The van der Waals surface area contributed by atoms with Crippen molar-refractivity contribution in [2.45, 2.75) is 130 Å². The third-order valence-electron chi connectivity index (χ3n) is 7.58. The normalized spacial score (nSPS) is 21.4. The third-order valence-corrected chi connectivity index (χ3v) is 7.58. The van der Waals surface area contributed by atoms with Gasteiger partial charge in [-0.15, -0.1) is 0 Å². The van der Waals surface area contributed by atoms with Gasteiger partial charge in [0.25, 0.3) is 0 Å². The molecule has 7 nitrogen and oxygen atoms in total. The van der Waals surface area contributed by atoms with E-state index in [9.17, 15) is 14.4 Å². The summed E-state index contributed by atoms with van der Waals surface area (Å²) in [6, 6.07) is 4.62. The molecule has 2 saturated carbocycles. The summed E-state index contributed by atoms with van der Waals surface area (Å²) in [5.74, 6) is 0.102. The number of ether oxygens (including phenoxy) is 1. The Kier molecular flexibility index (Phi) is 9.88. The molecule has 0 bridgehead atoms. The maximum Gasteiger partial charge on any atom is 0.408 e. The Hall–Kier alpha value is -2.57. The Balaban J connectivity index is 2.01. The summed E-state index contributed by atoms with van der Waals surface area (Å²) < 4.78 is 5.50. The molecular formula is C31H49N3O4. The summed E-state index contributed by atoms with van der Waals surface area (Å²) in [4.78, 5) is 43.1. The van der Waals surface area contributed by atoms with Crippen LogP contribution in [0, 0.1) is 25.7 Å². The van der Waals surface area contributed by atoms with Gasteiger partial charge < -0.3 is 20.3 Å². The second-order valence-electron chi connectivity index (χ2n) is 13.0. The number of alkyl carbamates (subject to hydrolysis) is 1. The van der Waals surface area contributed by atoms with E-state index in [1.807, 2.05) is 45.9 Å². The summed E-state index contributed by atoms with van der Waals surface area (Å²) in [7, 11) is 0. The second-order valence-corrected chi connectivity index (χ2v) is 13.0. The standard InChI is InChI=1S/C31H49N3O4/c1-19(2)16-25(33-30(37)38-31(6,7)8)29(36)34(26-18-22(26)5)27(24-17-20(3)14-15-21(24)4)28(35)32-23-12-10-9-11-13-23/h14-15,17,19,22-23,25-27H,9-13,16,18H2,1-8H3,(H,32,35)(H,33,37). The highest BCUT2D eigenvalue weighted by Crippen LogP contribution is 2.42. The van der Waals surface area contributed by atoms with Crippen molar-refractivity contribution in [2.75, 3.05) is 0 Å². The molecule has 3 amide bonds. The number of nitrogens with zero attached hydrogens (tertiary/aromatic N) is 1. The molecule has 3 rings (SSSR count). The minimum atomic E-state index is -0.784. The van der Waals surface area contributed by atoms with E-state index in [1.165, 1.54) is 6.42 Å². The lowest BCUT2D eigenvalue weighted by Crippen LogP contribution is -2.55. The van der Waals surface area contributed by atoms with E-state index in [0.29, 0.717) is 6.42 Å². The Bertz CT molecular complexity index is 993. The molecule has 2 N–H and O–H groups in total. The van der Waals surface area contributed by atoms with Crippen molar-refractivity contribution in [3.63, 3.8) is 0 Å². The molecule has 0 saturated heterocycles. The first-order valence-electron chi connectivity index (χ1n) is 14.5. The van der Waals surface area contributed by atoms with E-state index in [1.54, 1.807) is 25.7 Å².